The van der Waals surface area contributed by atoms with Crippen LogP contribution in [0.5, 0.6) is 0 Å². The van der Waals surface area contributed by atoms with E-state index in [0.717, 1.165) is 37.9 Å². The third-order valence-electron chi connectivity index (χ3n) is 3.89. The van der Waals surface area contributed by atoms with Crippen LogP contribution in [0.3, 0.4) is 0 Å². The zero-order chi connectivity index (χ0) is 10.9. The van der Waals surface area contributed by atoms with E-state index >= 15 is 0 Å². The molecule has 2 aliphatic rings. The van der Waals surface area contributed by atoms with E-state index in [1.54, 1.807) is 11.8 Å². The zero-order valence-corrected chi connectivity index (χ0v) is 9.94. The molecule has 86 valence electrons. The van der Waals surface area contributed by atoms with Crippen molar-refractivity contribution in [3.63, 3.8) is 0 Å². The monoisotopic (exact) mass is 230 g/mol. The third kappa shape index (κ3) is 1.58. The van der Waals surface area contributed by atoms with E-state index < -0.39 is 11.0 Å². The summed E-state index contributed by atoms with van der Waals surface area (Å²) in [6.45, 7) is 0. The van der Waals surface area contributed by atoms with Crippen LogP contribution in [0.15, 0.2) is 0 Å². The second-order valence-electron chi connectivity index (χ2n) is 4.61. The Morgan fingerprint density at radius 1 is 1.33 bits per heavy atom. The van der Waals surface area contributed by atoms with Crippen LogP contribution in [0.2, 0.25) is 0 Å². The van der Waals surface area contributed by atoms with E-state index in [0.29, 0.717) is 5.75 Å². The van der Waals surface area contributed by atoms with Crippen LogP contribution >= 0.6 is 11.8 Å². The minimum absolute atomic E-state index is 0.209. The van der Waals surface area contributed by atoms with Crippen molar-refractivity contribution in [2.45, 2.75) is 37.7 Å². The van der Waals surface area contributed by atoms with Gasteiger partial charge in [0, 0.05) is 5.75 Å². The highest BCUT2D eigenvalue weighted by molar-refractivity contribution is 7.99. The summed E-state index contributed by atoms with van der Waals surface area (Å²) in [6.07, 6.45) is 4.35. The van der Waals surface area contributed by atoms with Crippen LogP contribution in [0.25, 0.3) is 0 Å². The summed E-state index contributed by atoms with van der Waals surface area (Å²) in [7, 11) is 1.42. The number of carbonyl (C=O) groups is 1. The number of carbonyl (C=O) groups excluding carboxylic acids is 1. The minimum Gasteiger partial charge on any atom is -0.469 e. The van der Waals surface area contributed by atoms with Crippen molar-refractivity contribution in [3.05, 3.63) is 0 Å². The first-order valence-electron chi connectivity index (χ1n) is 5.53. The average molecular weight is 230 g/mol. The van der Waals surface area contributed by atoms with Gasteiger partial charge in [0.1, 0.15) is 0 Å². The molecule has 0 bridgehead atoms. The Labute approximate surface area is 94.6 Å². The Morgan fingerprint density at radius 3 is 2.47 bits per heavy atom. The van der Waals surface area contributed by atoms with Crippen LogP contribution < -0.4 is 0 Å². The first-order chi connectivity index (χ1) is 7.15. The third-order valence-corrected chi connectivity index (χ3v) is 5.15. The normalized spacial score (nSPS) is 34.3. The van der Waals surface area contributed by atoms with Gasteiger partial charge in [-0.15, -0.1) is 0 Å². The van der Waals surface area contributed by atoms with Gasteiger partial charge in [0.2, 0.25) is 0 Å². The van der Waals surface area contributed by atoms with Gasteiger partial charge in [0.25, 0.3) is 0 Å². The standard InChI is InChI=1S/C11H18O3S/c1-14-9(12)10(4-2-5-10)11(13)6-3-7-15-8-11/h13H,2-8H2,1H3. The molecule has 0 radical (unpaired) electrons. The SMILES string of the molecule is COC(=O)C1(C2(O)CCCSC2)CCC1. The maximum Gasteiger partial charge on any atom is 0.314 e. The highest BCUT2D eigenvalue weighted by Crippen LogP contribution is 2.54. The molecule has 0 spiro atoms. The molecule has 0 aromatic heterocycles. The smallest absolute Gasteiger partial charge is 0.314 e. The summed E-state index contributed by atoms with van der Waals surface area (Å²) in [4.78, 5) is 11.8. The van der Waals surface area contributed by atoms with E-state index in [1.807, 2.05) is 0 Å². The average Bonchev–Trinajstić information content (AvgIpc) is 2.16. The molecule has 1 atom stereocenters. The van der Waals surface area contributed by atoms with Crippen molar-refractivity contribution >= 4 is 17.7 Å². The van der Waals surface area contributed by atoms with Gasteiger partial charge >= 0.3 is 5.97 Å². The molecule has 1 unspecified atom stereocenters. The van der Waals surface area contributed by atoms with Gasteiger partial charge in [-0.25, -0.2) is 0 Å². The summed E-state index contributed by atoms with van der Waals surface area (Å²) >= 11 is 1.75. The van der Waals surface area contributed by atoms with Crippen molar-refractivity contribution in [1.82, 2.24) is 0 Å². The molecule has 1 saturated heterocycles. The molecular weight excluding hydrogens is 212 g/mol. The van der Waals surface area contributed by atoms with E-state index in [2.05, 4.69) is 0 Å². The lowest BCUT2D eigenvalue weighted by Crippen LogP contribution is -2.60. The number of aliphatic hydroxyl groups is 1. The lowest BCUT2D eigenvalue weighted by molar-refractivity contribution is -0.185. The van der Waals surface area contributed by atoms with Crippen molar-refractivity contribution in [1.29, 1.82) is 0 Å². The Morgan fingerprint density at radius 2 is 2.07 bits per heavy atom. The highest BCUT2D eigenvalue weighted by Gasteiger charge is 2.60. The predicted molar refractivity (Wildman–Crippen MR) is 59.8 cm³/mol. The summed E-state index contributed by atoms with van der Waals surface area (Å²) < 4.78 is 4.87. The van der Waals surface area contributed by atoms with Gasteiger partial charge in [-0.05, 0) is 31.4 Å². The summed E-state index contributed by atoms with van der Waals surface area (Å²) in [6, 6.07) is 0. The van der Waals surface area contributed by atoms with E-state index in [-0.39, 0.29) is 5.97 Å². The molecule has 1 aliphatic heterocycles. The lowest BCUT2D eigenvalue weighted by Gasteiger charge is -2.52. The fourth-order valence-electron chi connectivity index (χ4n) is 2.74. The number of methoxy groups -OCH3 is 1. The van der Waals surface area contributed by atoms with Gasteiger partial charge in [-0.3, -0.25) is 4.79 Å². The van der Waals surface area contributed by atoms with E-state index in [1.165, 1.54) is 7.11 Å². The molecule has 2 fully saturated rings. The fourth-order valence-corrected chi connectivity index (χ4v) is 3.99. The molecule has 1 saturated carbocycles. The number of ether oxygens (including phenoxy) is 1. The van der Waals surface area contributed by atoms with Crippen molar-refractivity contribution < 1.29 is 14.6 Å². The van der Waals surface area contributed by atoms with Crippen molar-refractivity contribution in [3.8, 4) is 0 Å². The molecule has 1 heterocycles. The van der Waals surface area contributed by atoms with Crippen LogP contribution in [0, 0.1) is 5.41 Å². The minimum atomic E-state index is -0.818. The zero-order valence-electron chi connectivity index (χ0n) is 9.12. The van der Waals surface area contributed by atoms with E-state index in [9.17, 15) is 9.90 Å². The maximum atomic E-state index is 11.8. The lowest BCUT2D eigenvalue weighted by atomic mass is 9.58. The topological polar surface area (TPSA) is 46.5 Å². The first kappa shape index (κ1) is 11.3. The number of hydrogen-bond acceptors (Lipinski definition) is 4. The Hall–Kier alpha value is -0.220. The molecule has 3 nitrogen and oxygen atoms in total. The molecule has 4 heteroatoms. The van der Waals surface area contributed by atoms with Gasteiger partial charge in [-0.2, -0.15) is 11.8 Å². The van der Waals surface area contributed by atoms with Gasteiger partial charge in [0.15, 0.2) is 0 Å². The quantitative estimate of drug-likeness (QED) is 0.732. The molecule has 1 N–H and O–H groups in total. The number of esters is 1. The van der Waals surface area contributed by atoms with Crippen molar-refractivity contribution in [2.24, 2.45) is 5.41 Å². The predicted octanol–water partition coefficient (Wildman–Crippen LogP) is 1.59. The maximum absolute atomic E-state index is 11.8. The first-order valence-corrected chi connectivity index (χ1v) is 6.69. The van der Waals surface area contributed by atoms with Crippen LogP contribution in [-0.4, -0.2) is 35.3 Å². The number of rotatable bonds is 2. The fraction of sp³-hybridized carbons (Fsp3) is 0.909. The highest BCUT2D eigenvalue weighted by atomic mass is 32.2. The van der Waals surface area contributed by atoms with Gasteiger partial charge in [0.05, 0.1) is 18.1 Å². The molecular formula is C11H18O3S. The molecule has 0 aromatic carbocycles. The van der Waals surface area contributed by atoms with Crippen LogP contribution in [0.1, 0.15) is 32.1 Å². The molecule has 0 aromatic rings. The summed E-state index contributed by atoms with van der Waals surface area (Å²) in [5.74, 6) is 1.57. The van der Waals surface area contributed by atoms with Gasteiger partial charge in [-0.1, -0.05) is 6.42 Å². The number of thioether (sulfide) groups is 1. The molecule has 1 aliphatic carbocycles. The summed E-state index contributed by atoms with van der Waals surface area (Å²) in [5.41, 5.74) is -1.41. The molecule has 2 rings (SSSR count). The molecule has 0 amide bonds. The van der Waals surface area contributed by atoms with Crippen molar-refractivity contribution in [2.75, 3.05) is 18.6 Å². The Balaban J connectivity index is 2.20. The second kappa shape index (κ2) is 3.98. The Kier molecular flexibility index (Phi) is 2.99. The largest absolute Gasteiger partial charge is 0.469 e. The van der Waals surface area contributed by atoms with Crippen LogP contribution in [0.4, 0.5) is 0 Å². The van der Waals surface area contributed by atoms with E-state index in [4.69, 9.17) is 4.74 Å². The van der Waals surface area contributed by atoms with Gasteiger partial charge < -0.3 is 9.84 Å². The second-order valence-corrected chi connectivity index (χ2v) is 5.72. The molecule has 15 heavy (non-hydrogen) atoms. The van der Waals surface area contributed by atoms with Crippen LogP contribution in [-0.2, 0) is 9.53 Å². The summed E-state index contributed by atoms with van der Waals surface area (Å²) in [5, 5.41) is 10.6. The number of hydrogen-bond donors (Lipinski definition) is 1. The Bertz CT molecular complexity index is 255.